The highest BCUT2D eigenvalue weighted by Gasteiger charge is 2.21. The van der Waals surface area contributed by atoms with Crippen molar-refractivity contribution in [2.45, 2.75) is 38.6 Å². The Hall–Kier alpha value is -0.0900. The standard InChI is InChI=1S/C11H22BrNO2/c1-8(2)10(12)11(14)13(5)6-7-15-9(3)4/h8-10H,6-7H2,1-5H3. The van der Waals surface area contributed by atoms with Crippen LogP contribution in [0.5, 0.6) is 0 Å². The van der Waals surface area contributed by atoms with Crippen LogP contribution in [-0.4, -0.2) is 41.9 Å². The molecule has 1 atom stereocenters. The van der Waals surface area contributed by atoms with Gasteiger partial charge in [0.25, 0.3) is 0 Å². The maximum absolute atomic E-state index is 11.8. The number of nitrogens with zero attached hydrogens (tertiary/aromatic N) is 1. The molecule has 0 aromatic heterocycles. The third-order valence-corrected chi connectivity index (χ3v) is 3.52. The van der Waals surface area contributed by atoms with Crippen LogP contribution in [0.3, 0.4) is 0 Å². The van der Waals surface area contributed by atoms with Crippen LogP contribution >= 0.6 is 15.9 Å². The van der Waals surface area contributed by atoms with Gasteiger partial charge in [-0.1, -0.05) is 29.8 Å². The second-order valence-corrected chi connectivity index (χ2v) is 5.31. The molecule has 15 heavy (non-hydrogen) atoms. The van der Waals surface area contributed by atoms with E-state index in [9.17, 15) is 4.79 Å². The van der Waals surface area contributed by atoms with Gasteiger partial charge in [-0.3, -0.25) is 4.79 Å². The van der Waals surface area contributed by atoms with Crippen LogP contribution in [0.2, 0.25) is 0 Å². The number of hydrogen-bond donors (Lipinski definition) is 0. The van der Waals surface area contributed by atoms with Gasteiger partial charge >= 0.3 is 0 Å². The first-order valence-corrected chi connectivity index (χ1v) is 6.28. The summed E-state index contributed by atoms with van der Waals surface area (Å²) in [6.07, 6.45) is 0.221. The molecule has 4 heteroatoms. The average Bonchev–Trinajstić information content (AvgIpc) is 2.14. The maximum Gasteiger partial charge on any atom is 0.236 e. The molecule has 0 spiro atoms. The highest BCUT2D eigenvalue weighted by molar-refractivity contribution is 9.10. The van der Waals surface area contributed by atoms with Crippen LogP contribution in [-0.2, 0) is 9.53 Å². The topological polar surface area (TPSA) is 29.5 Å². The van der Waals surface area contributed by atoms with E-state index in [1.54, 1.807) is 4.90 Å². The number of rotatable bonds is 6. The minimum Gasteiger partial charge on any atom is -0.377 e. The number of amides is 1. The molecule has 0 fully saturated rings. The lowest BCUT2D eigenvalue weighted by molar-refractivity contribution is -0.130. The molecule has 0 saturated carbocycles. The SMILES string of the molecule is CC(C)OCCN(C)C(=O)C(Br)C(C)C. The summed E-state index contributed by atoms with van der Waals surface area (Å²) in [5.74, 6) is 0.434. The summed E-state index contributed by atoms with van der Waals surface area (Å²) in [7, 11) is 1.81. The lowest BCUT2D eigenvalue weighted by Gasteiger charge is -2.22. The van der Waals surface area contributed by atoms with Crippen molar-refractivity contribution in [1.29, 1.82) is 0 Å². The molecular weight excluding hydrogens is 258 g/mol. The van der Waals surface area contributed by atoms with Gasteiger partial charge in [-0.25, -0.2) is 0 Å². The number of carbonyl (C=O) groups excluding carboxylic acids is 1. The number of likely N-dealkylation sites (N-methyl/N-ethyl adjacent to an activating group) is 1. The molecule has 0 bridgehead atoms. The Balaban J connectivity index is 3.89. The zero-order chi connectivity index (χ0) is 12.0. The molecular formula is C11H22BrNO2. The zero-order valence-corrected chi connectivity index (χ0v) is 11.9. The predicted molar refractivity (Wildman–Crippen MR) is 66.3 cm³/mol. The first kappa shape index (κ1) is 14.9. The Morgan fingerprint density at radius 3 is 2.27 bits per heavy atom. The van der Waals surface area contributed by atoms with Crippen molar-refractivity contribution in [1.82, 2.24) is 4.90 Å². The largest absolute Gasteiger partial charge is 0.377 e. The summed E-state index contributed by atoms with van der Waals surface area (Å²) in [5, 5.41) is 0. The van der Waals surface area contributed by atoms with Crippen molar-refractivity contribution in [3.05, 3.63) is 0 Å². The van der Waals surface area contributed by atoms with Crippen molar-refractivity contribution in [2.75, 3.05) is 20.2 Å². The molecule has 0 rings (SSSR count). The third kappa shape index (κ3) is 6.15. The molecule has 90 valence electrons. The Morgan fingerprint density at radius 2 is 1.87 bits per heavy atom. The molecule has 0 aliphatic carbocycles. The monoisotopic (exact) mass is 279 g/mol. The molecule has 3 nitrogen and oxygen atoms in total. The molecule has 0 heterocycles. The molecule has 1 amide bonds. The first-order valence-electron chi connectivity index (χ1n) is 5.37. The fourth-order valence-corrected chi connectivity index (χ4v) is 1.38. The maximum atomic E-state index is 11.8. The van der Waals surface area contributed by atoms with Gasteiger partial charge in [0.1, 0.15) is 0 Å². The van der Waals surface area contributed by atoms with Crippen molar-refractivity contribution in [3.63, 3.8) is 0 Å². The number of hydrogen-bond acceptors (Lipinski definition) is 2. The van der Waals surface area contributed by atoms with Crippen molar-refractivity contribution in [3.8, 4) is 0 Å². The Morgan fingerprint density at radius 1 is 1.33 bits per heavy atom. The van der Waals surface area contributed by atoms with E-state index in [1.807, 2.05) is 34.7 Å². The van der Waals surface area contributed by atoms with E-state index in [0.717, 1.165) is 0 Å². The number of carbonyl (C=O) groups is 1. The minimum atomic E-state index is -0.0958. The molecule has 0 saturated heterocycles. The van der Waals surface area contributed by atoms with Crippen molar-refractivity contribution in [2.24, 2.45) is 5.92 Å². The van der Waals surface area contributed by atoms with E-state index >= 15 is 0 Å². The lowest BCUT2D eigenvalue weighted by Crippen LogP contribution is -2.38. The van der Waals surface area contributed by atoms with Crippen LogP contribution in [0.25, 0.3) is 0 Å². The highest BCUT2D eigenvalue weighted by atomic mass is 79.9. The van der Waals surface area contributed by atoms with Crippen LogP contribution in [0.15, 0.2) is 0 Å². The van der Waals surface area contributed by atoms with E-state index in [-0.39, 0.29) is 16.8 Å². The quantitative estimate of drug-likeness (QED) is 0.699. The normalized spacial score (nSPS) is 13.3. The van der Waals surface area contributed by atoms with Gasteiger partial charge in [0.05, 0.1) is 17.5 Å². The van der Waals surface area contributed by atoms with E-state index in [1.165, 1.54) is 0 Å². The van der Waals surface area contributed by atoms with Crippen molar-refractivity contribution < 1.29 is 9.53 Å². The average molecular weight is 280 g/mol. The Kier molecular flexibility index (Phi) is 7.18. The van der Waals surface area contributed by atoms with E-state index in [2.05, 4.69) is 15.9 Å². The summed E-state index contributed by atoms with van der Waals surface area (Å²) in [6.45, 7) is 9.27. The molecule has 0 N–H and O–H groups in total. The molecule has 1 unspecified atom stereocenters. The fraction of sp³-hybridized carbons (Fsp3) is 0.909. The summed E-state index contributed by atoms with van der Waals surface area (Å²) in [4.78, 5) is 13.4. The molecule has 0 aromatic rings. The molecule has 0 radical (unpaired) electrons. The zero-order valence-electron chi connectivity index (χ0n) is 10.3. The van der Waals surface area contributed by atoms with E-state index in [4.69, 9.17) is 4.74 Å². The van der Waals surface area contributed by atoms with Gasteiger partial charge in [0.2, 0.25) is 5.91 Å². The molecule has 0 aliphatic rings. The fourth-order valence-electron chi connectivity index (χ4n) is 1.03. The van der Waals surface area contributed by atoms with Gasteiger partial charge in [0, 0.05) is 13.6 Å². The highest BCUT2D eigenvalue weighted by Crippen LogP contribution is 2.14. The van der Waals surface area contributed by atoms with Crippen LogP contribution in [0.1, 0.15) is 27.7 Å². The van der Waals surface area contributed by atoms with Crippen LogP contribution < -0.4 is 0 Å². The second-order valence-electron chi connectivity index (χ2n) is 4.33. The summed E-state index contributed by atoms with van der Waals surface area (Å²) in [5.41, 5.74) is 0. The molecule has 0 aliphatic heterocycles. The van der Waals surface area contributed by atoms with Gasteiger partial charge in [-0.15, -0.1) is 0 Å². The number of ether oxygens (including phenoxy) is 1. The summed E-state index contributed by atoms with van der Waals surface area (Å²) >= 11 is 3.40. The Bertz CT molecular complexity index is 195. The summed E-state index contributed by atoms with van der Waals surface area (Å²) in [6, 6.07) is 0. The van der Waals surface area contributed by atoms with Gasteiger partial charge in [-0.05, 0) is 19.8 Å². The second kappa shape index (κ2) is 7.23. The van der Waals surface area contributed by atoms with Gasteiger partial charge in [-0.2, -0.15) is 0 Å². The van der Waals surface area contributed by atoms with Crippen LogP contribution in [0.4, 0.5) is 0 Å². The third-order valence-electron chi connectivity index (χ3n) is 2.08. The number of alkyl halides is 1. The van der Waals surface area contributed by atoms with Crippen molar-refractivity contribution >= 4 is 21.8 Å². The lowest BCUT2D eigenvalue weighted by atomic mass is 10.1. The summed E-state index contributed by atoms with van der Waals surface area (Å²) < 4.78 is 5.39. The Labute approximate surface area is 101 Å². The minimum absolute atomic E-state index is 0.0958. The first-order chi connectivity index (χ1) is 6.86. The van der Waals surface area contributed by atoms with Gasteiger partial charge in [0.15, 0.2) is 0 Å². The molecule has 0 aromatic carbocycles. The van der Waals surface area contributed by atoms with E-state index in [0.29, 0.717) is 19.1 Å². The van der Waals surface area contributed by atoms with Crippen LogP contribution in [0, 0.1) is 5.92 Å². The van der Waals surface area contributed by atoms with Gasteiger partial charge < -0.3 is 9.64 Å². The number of halogens is 1. The van der Waals surface area contributed by atoms with E-state index < -0.39 is 0 Å². The smallest absolute Gasteiger partial charge is 0.236 e. The predicted octanol–water partition coefficient (Wildman–Crippen LogP) is 2.29.